The minimum Gasteiger partial charge on any atom is -0.377 e. The smallest absolute Gasteiger partial charge is 0.286 e. The van der Waals surface area contributed by atoms with Gasteiger partial charge in [-0.2, -0.15) is 0 Å². The fourth-order valence-electron chi connectivity index (χ4n) is 3.18. The van der Waals surface area contributed by atoms with Crippen molar-refractivity contribution in [3.8, 4) is 0 Å². The first-order chi connectivity index (χ1) is 14.6. The molecule has 30 heavy (non-hydrogen) atoms. The summed E-state index contributed by atoms with van der Waals surface area (Å²) >= 11 is 1.18. The minimum atomic E-state index is -0.338. The molecule has 3 rings (SSSR count). The van der Waals surface area contributed by atoms with Crippen LogP contribution < -0.4 is 10.6 Å². The molecule has 1 aromatic heterocycles. The number of carbonyl (C=O) groups is 2. The second-order valence-electron chi connectivity index (χ2n) is 7.00. The van der Waals surface area contributed by atoms with Gasteiger partial charge in [-0.05, 0) is 30.8 Å². The summed E-state index contributed by atoms with van der Waals surface area (Å²) in [6, 6.07) is 6.80. The van der Waals surface area contributed by atoms with Crippen LogP contribution in [0.3, 0.4) is 0 Å². The number of amides is 2. The highest BCUT2D eigenvalue weighted by Gasteiger charge is 2.16. The molecule has 0 aliphatic carbocycles. The quantitative estimate of drug-likeness (QED) is 0.616. The second-order valence-corrected chi connectivity index (χ2v) is 8.06. The number of anilines is 1. The van der Waals surface area contributed by atoms with Crippen LogP contribution in [0.4, 0.5) is 5.69 Å². The standard InChI is InChI=1S/C20H28N6O3S/c1-3-25-10-12-26(13-11-25)9-8-21-18(27)15-4-6-16(7-5-15)22-19(28)20-24-23-17(30-20)14-29-2/h4-7H,3,8-14H2,1-2H3,(H,21,27)(H,22,28). The lowest BCUT2D eigenvalue weighted by Crippen LogP contribution is -2.48. The maximum absolute atomic E-state index is 12.4. The molecular weight excluding hydrogens is 404 g/mol. The van der Waals surface area contributed by atoms with Gasteiger partial charge in [0.15, 0.2) is 0 Å². The Morgan fingerprint density at radius 2 is 1.77 bits per heavy atom. The first-order valence-electron chi connectivity index (χ1n) is 10.0. The third-order valence-electron chi connectivity index (χ3n) is 4.96. The molecule has 1 aliphatic heterocycles. The molecule has 1 saturated heterocycles. The zero-order chi connectivity index (χ0) is 21.3. The summed E-state index contributed by atoms with van der Waals surface area (Å²) in [4.78, 5) is 29.4. The second kappa shape index (κ2) is 11.1. The Hall–Kier alpha value is -2.40. The number of methoxy groups -OCH3 is 1. The number of likely N-dealkylation sites (N-methyl/N-ethyl adjacent to an activating group) is 1. The van der Waals surface area contributed by atoms with E-state index in [0.29, 0.717) is 29.4 Å². The summed E-state index contributed by atoms with van der Waals surface area (Å²) < 4.78 is 4.98. The summed E-state index contributed by atoms with van der Waals surface area (Å²) in [5, 5.41) is 14.4. The van der Waals surface area contributed by atoms with Crippen LogP contribution in [0, 0.1) is 0 Å². The highest BCUT2D eigenvalue weighted by molar-refractivity contribution is 7.13. The van der Waals surface area contributed by atoms with Gasteiger partial charge in [-0.3, -0.25) is 14.5 Å². The maximum Gasteiger partial charge on any atom is 0.286 e. The van der Waals surface area contributed by atoms with Crippen LogP contribution in [0.25, 0.3) is 0 Å². The van der Waals surface area contributed by atoms with E-state index < -0.39 is 0 Å². The number of piperazine rings is 1. The lowest BCUT2D eigenvalue weighted by Gasteiger charge is -2.33. The highest BCUT2D eigenvalue weighted by Crippen LogP contribution is 2.15. The average molecular weight is 433 g/mol. The number of carbonyl (C=O) groups excluding carboxylic acids is 2. The first-order valence-corrected chi connectivity index (χ1v) is 10.9. The van der Waals surface area contributed by atoms with Crippen molar-refractivity contribution in [3.05, 3.63) is 39.8 Å². The molecule has 0 unspecified atom stereocenters. The van der Waals surface area contributed by atoms with Gasteiger partial charge < -0.3 is 20.3 Å². The molecule has 162 valence electrons. The maximum atomic E-state index is 12.4. The highest BCUT2D eigenvalue weighted by atomic mass is 32.1. The molecule has 10 heteroatoms. The van der Waals surface area contributed by atoms with E-state index in [9.17, 15) is 9.59 Å². The van der Waals surface area contributed by atoms with Gasteiger partial charge in [0.1, 0.15) is 5.01 Å². The molecule has 1 fully saturated rings. The Labute approximate surface area is 180 Å². The molecule has 0 radical (unpaired) electrons. The first kappa shape index (κ1) is 22.3. The van der Waals surface area contributed by atoms with E-state index in [1.165, 1.54) is 11.3 Å². The Bertz CT molecular complexity index is 833. The van der Waals surface area contributed by atoms with Gasteiger partial charge in [-0.1, -0.05) is 18.3 Å². The van der Waals surface area contributed by atoms with Crippen molar-refractivity contribution in [1.29, 1.82) is 0 Å². The fourth-order valence-corrected chi connectivity index (χ4v) is 3.88. The number of nitrogens with one attached hydrogen (secondary N) is 2. The third-order valence-corrected chi connectivity index (χ3v) is 5.86. The number of benzene rings is 1. The minimum absolute atomic E-state index is 0.117. The fraction of sp³-hybridized carbons (Fsp3) is 0.500. The number of ether oxygens (including phenoxy) is 1. The van der Waals surface area contributed by atoms with Crippen molar-refractivity contribution in [3.63, 3.8) is 0 Å². The summed E-state index contributed by atoms with van der Waals surface area (Å²) in [5.74, 6) is -0.455. The van der Waals surface area contributed by atoms with E-state index in [2.05, 4.69) is 37.6 Å². The Balaban J connectivity index is 1.43. The topological polar surface area (TPSA) is 99.7 Å². The van der Waals surface area contributed by atoms with Crippen molar-refractivity contribution < 1.29 is 14.3 Å². The SMILES string of the molecule is CCN1CCN(CCNC(=O)c2ccc(NC(=O)c3nnc(COC)s3)cc2)CC1. The van der Waals surface area contributed by atoms with Crippen molar-refractivity contribution in [1.82, 2.24) is 25.3 Å². The molecule has 2 aromatic rings. The Morgan fingerprint density at radius 1 is 1.07 bits per heavy atom. The van der Waals surface area contributed by atoms with E-state index in [0.717, 1.165) is 39.3 Å². The van der Waals surface area contributed by atoms with E-state index in [4.69, 9.17) is 4.74 Å². The number of nitrogens with zero attached hydrogens (tertiary/aromatic N) is 4. The van der Waals surface area contributed by atoms with E-state index in [1.807, 2.05) is 0 Å². The van der Waals surface area contributed by atoms with E-state index in [-0.39, 0.29) is 16.8 Å². The van der Waals surface area contributed by atoms with Gasteiger partial charge >= 0.3 is 0 Å². The molecule has 0 saturated carbocycles. The van der Waals surface area contributed by atoms with Gasteiger partial charge in [0.2, 0.25) is 5.01 Å². The number of aromatic nitrogens is 2. The molecule has 0 atom stereocenters. The van der Waals surface area contributed by atoms with E-state index in [1.54, 1.807) is 31.4 Å². The van der Waals surface area contributed by atoms with Crippen molar-refractivity contribution in [2.24, 2.45) is 0 Å². The lowest BCUT2D eigenvalue weighted by atomic mass is 10.2. The van der Waals surface area contributed by atoms with Gasteiger partial charge in [0, 0.05) is 57.6 Å². The molecule has 0 spiro atoms. The van der Waals surface area contributed by atoms with Gasteiger partial charge in [-0.25, -0.2) is 0 Å². The van der Waals surface area contributed by atoms with Crippen molar-refractivity contribution in [2.45, 2.75) is 13.5 Å². The molecule has 2 heterocycles. The summed E-state index contributed by atoms with van der Waals surface area (Å²) in [6.45, 7) is 9.32. The van der Waals surface area contributed by atoms with Crippen molar-refractivity contribution >= 4 is 28.8 Å². The van der Waals surface area contributed by atoms with Crippen LogP contribution in [0.5, 0.6) is 0 Å². The van der Waals surface area contributed by atoms with Crippen LogP contribution >= 0.6 is 11.3 Å². The van der Waals surface area contributed by atoms with Crippen LogP contribution in [0.1, 0.15) is 32.1 Å². The molecule has 1 aliphatic rings. The van der Waals surface area contributed by atoms with Crippen LogP contribution in [0.15, 0.2) is 24.3 Å². The largest absolute Gasteiger partial charge is 0.377 e. The number of rotatable bonds is 9. The predicted molar refractivity (Wildman–Crippen MR) is 116 cm³/mol. The number of hydrogen-bond acceptors (Lipinski definition) is 8. The molecule has 9 nitrogen and oxygen atoms in total. The summed E-state index contributed by atoms with van der Waals surface area (Å²) in [5.41, 5.74) is 1.15. The van der Waals surface area contributed by atoms with Gasteiger partial charge in [0.25, 0.3) is 11.8 Å². The normalized spacial score (nSPS) is 15.1. The van der Waals surface area contributed by atoms with Crippen LogP contribution in [0.2, 0.25) is 0 Å². The van der Waals surface area contributed by atoms with Crippen LogP contribution in [-0.4, -0.2) is 84.7 Å². The Morgan fingerprint density at radius 3 is 2.43 bits per heavy atom. The molecule has 2 N–H and O–H groups in total. The number of hydrogen-bond donors (Lipinski definition) is 2. The van der Waals surface area contributed by atoms with Crippen molar-refractivity contribution in [2.75, 3.05) is 58.2 Å². The monoisotopic (exact) mass is 432 g/mol. The van der Waals surface area contributed by atoms with Gasteiger partial charge in [0.05, 0.1) is 6.61 Å². The molecular formula is C20H28N6O3S. The van der Waals surface area contributed by atoms with Crippen LogP contribution in [-0.2, 0) is 11.3 Å². The Kier molecular flexibility index (Phi) is 8.26. The lowest BCUT2D eigenvalue weighted by molar-refractivity contribution is 0.0937. The summed E-state index contributed by atoms with van der Waals surface area (Å²) in [6.07, 6.45) is 0. The zero-order valence-electron chi connectivity index (χ0n) is 17.4. The molecule has 1 aromatic carbocycles. The van der Waals surface area contributed by atoms with Gasteiger partial charge in [-0.15, -0.1) is 10.2 Å². The summed E-state index contributed by atoms with van der Waals surface area (Å²) in [7, 11) is 1.56. The zero-order valence-corrected chi connectivity index (χ0v) is 18.2. The molecule has 0 bridgehead atoms. The average Bonchev–Trinajstić information content (AvgIpc) is 3.24. The predicted octanol–water partition coefficient (Wildman–Crippen LogP) is 1.30. The molecule has 2 amide bonds. The van der Waals surface area contributed by atoms with E-state index >= 15 is 0 Å². The third kappa shape index (κ3) is 6.30.